The molecule has 79 heavy (non-hydrogen) atoms. The van der Waals surface area contributed by atoms with Crippen molar-refractivity contribution in [2.75, 3.05) is 45.6 Å². The van der Waals surface area contributed by atoms with Crippen molar-refractivity contribution in [3.05, 3.63) is 142 Å². The number of aliphatic hydroxyl groups is 2. The second kappa shape index (κ2) is 30.5. The Morgan fingerprint density at radius 2 is 1.54 bits per heavy atom. The van der Waals surface area contributed by atoms with Gasteiger partial charge in [0.15, 0.2) is 11.5 Å². The first kappa shape index (κ1) is 59.1. The molecule has 8 rings (SSSR count). The second-order valence-corrected chi connectivity index (χ2v) is 22.3. The molecule has 1 amide bonds. The first-order valence-electron chi connectivity index (χ1n) is 28.8. The maximum atomic E-state index is 15.3. The lowest BCUT2D eigenvalue weighted by Gasteiger charge is -2.59. The zero-order chi connectivity index (χ0) is 55.2. The molecule has 15 nitrogen and oxygen atoms in total. The summed E-state index contributed by atoms with van der Waals surface area (Å²) >= 11 is 1.73. The molecule has 0 unspecified atom stereocenters. The number of nitro groups is 1. The minimum absolute atomic E-state index is 0.00331. The summed E-state index contributed by atoms with van der Waals surface area (Å²) in [7, 11) is 0. The summed E-state index contributed by atoms with van der Waals surface area (Å²) in [5.74, 6) is 0.835. The van der Waals surface area contributed by atoms with E-state index in [0.717, 1.165) is 78.7 Å². The number of hydrogen-bond acceptors (Lipinski definition) is 14. The topological polar surface area (TPSA) is 181 Å². The number of amides is 1. The number of allylic oxidation sites excluding steroid dienone is 1. The van der Waals surface area contributed by atoms with E-state index >= 15 is 4.79 Å². The van der Waals surface area contributed by atoms with E-state index in [9.17, 15) is 20.3 Å². The van der Waals surface area contributed by atoms with Crippen LogP contribution in [0.1, 0.15) is 139 Å². The first-order valence-corrected chi connectivity index (χ1v) is 29.8. The number of nitro benzene ring substituents is 1. The number of nitrogens with zero attached hydrogens (tertiary/aromatic N) is 3. The minimum Gasteiger partial charge on any atom is -0.493 e. The molecule has 2 aliphatic carbocycles. The summed E-state index contributed by atoms with van der Waals surface area (Å²) in [5, 5.41) is 36.8. The van der Waals surface area contributed by atoms with Crippen LogP contribution >= 0.6 is 11.8 Å². The number of oxime groups is 1. The predicted molar refractivity (Wildman–Crippen MR) is 307 cm³/mol. The Bertz CT molecular complexity index is 2630. The number of aliphatic hydroxyl groups excluding tert-OH is 2. The van der Waals surface area contributed by atoms with E-state index in [2.05, 4.69) is 37.8 Å². The van der Waals surface area contributed by atoms with Crippen LogP contribution in [0.2, 0.25) is 0 Å². The van der Waals surface area contributed by atoms with E-state index in [-0.39, 0.29) is 76.2 Å². The SMILES string of the molecule is C=CCO[C@@]12Oc3ccc(OCCSc4ccccc4)cc3[C@H]3[C@H](CCCCO)[C@@H](CCCCO)C=C(C(=NOCc4ccc([N+](=O)[O-])cc4)C[C@@H]1N(Cc1ccc4c(c1)OCO4)C(=O)OCCCCCCCCCCCC)[C@H]32. The molecule has 4 aliphatic rings. The van der Waals surface area contributed by atoms with Crippen LogP contribution in [-0.2, 0) is 27.5 Å². The molecular weight excluding hydrogens is 1020 g/mol. The molecule has 16 heteroatoms. The highest BCUT2D eigenvalue weighted by atomic mass is 32.2. The number of carbonyl (C=O) groups excluding carboxylic acids is 1. The van der Waals surface area contributed by atoms with Crippen molar-refractivity contribution < 1.29 is 53.2 Å². The second-order valence-electron chi connectivity index (χ2n) is 21.1. The zero-order valence-electron chi connectivity index (χ0n) is 46.0. The van der Waals surface area contributed by atoms with Crippen LogP contribution in [0.4, 0.5) is 10.5 Å². The van der Waals surface area contributed by atoms with Crippen molar-refractivity contribution in [1.82, 2.24) is 4.90 Å². The normalized spacial score (nSPS) is 21.1. The van der Waals surface area contributed by atoms with Gasteiger partial charge >= 0.3 is 6.09 Å². The summed E-state index contributed by atoms with van der Waals surface area (Å²) in [4.78, 5) is 35.6. The van der Waals surface area contributed by atoms with E-state index in [1.807, 2.05) is 48.5 Å². The molecule has 4 aromatic rings. The maximum Gasteiger partial charge on any atom is 0.410 e. The van der Waals surface area contributed by atoms with Crippen molar-refractivity contribution in [3.8, 4) is 23.0 Å². The monoisotopic (exact) mass is 1100 g/mol. The number of thioether (sulfide) groups is 1. The summed E-state index contributed by atoms with van der Waals surface area (Å²) in [6, 6.07) is 27.3. The molecule has 1 saturated carbocycles. The number of benzene rings is 4. The van der Waals surface area contributed by atoms with Crippen molar-refractivity contribution in [2.24, 2.45) is 22.9 Å². The van der Waals surface area contributed by atoms with Gasteiger partial charge in [-0.15, -0.1) is 18.3 Å². The summed E-state index contributed by atoms with van der Waals surface area (Å²) in [5.41, 5.74) is 3.87. The van der Waals surface area contributed by atoms with Gasteiger partial charge in [0.1, 0.15) is 24.1 Å². The third kappa shape index (κ3) is 15.6. The fraction of sp³-hybridized carbons (Fsp3) is 0.524. The van der Waals surface area contributed by atoms with Crippen LogP contribution in [0.5, 0.6) is 23.0 Å². The maximum absolute atomic E-state index is 15.3. The molecule has 6 atom stereocenters. The lowest BCUT2D eigenvalue weighted by Crippen LogP contribution is -2.70. The number of non-ortho nitro benzene ring substituents is 1. The van der Waals surface area contributed by atoms with Crippen LogP contribution < -0.4 is 18.9 Å². The highest BCUT2D eigenvalue weighted by molar-refractivity contribution is 7.99. The van der Waals surface area contributed by atoms with Gasteiger partial charge in [0.05, 0.1) is 36.4 Å². The molecule has 0 aromatic heterocycles. The molecule has 0 bridgehead atoms. The highest BCUT2D eigenvalue weighted by Gasteiger charge is 2.66. The third-order valence-corrected chi connectivity index (χ3v) is 16.7. The van der Waals surface area contributed by atoms with Gasteiger partial charge in [-0.1, -0.05) is 119 Å². The number of carbonyl (C=O) groups is 1. The van der Waals surface area contributed by atoms with Crippen LogP contribution in [0.3, 0.4) is 0 Å². The van der Waals surface area contributed by atoms with Gasteiger partial charge < -0.3 is 43.5 Å². The largest absolute Gasteiger partial charge is 0.493 e. The van der Waals surface area contributed by atoms with Gasteiger partial charge in [-0.3, -0.25) is 15.0 Å². The number of ether oxygens (including phenoxy) is 6. The molecule has 2 N–H and O–H groups in total. The molecule has 0 radical (unpaired) electrons. The van der Waals surface area contributed by atoms with E-state index in [1.165, 1.54) is 50.7 Å². The van der Waals surface area contributed by atoms with E-state index in [0.29, 0.717) is 53.7 Å². The number of rotatable bonds is 34. The lowest BCUT2D eigenvalue weighted by atomic mass is 9.55. The van der Waals surface area contributed by atoms with E-state index in [4.69, 9.17) is 38.4 Å². The van der Waals surface area contributed by atoms with Gasteiger partial charge in [-0.25, -0.2) is 4.79 Å². The van der Waals surface area contributed by atoms with Gasteiger partial charge in [-0.2, -0.15) is 0 Å². The standard InChI is InChI=1S/C63H81N3O12S/c1-3-5-6-7-8-9-10-11-12-20-36-73-62(69)65(43-47-27-31-57-58(39-47)75-45-74-57)59-42-55(64-77-44-46-25-28-49(29-26-46)66(70)71)53-40-48(21-16-18-33-67)52(24-17-19-34-68)60-54-41-50(72-37-38-79-51-22-14-13-15-23-51)30-32-56(54)78-63(59,61(53)60)76-35-4-2/h4,13-15,22-23,25-32,39-41,48,52,59-61,67-68H,2-3,5-12,16-21,24,33-38,42-45H2,1H3/t48-,52+,59-,60+,61+,63+/m0/s1. The highest BCUT2D eigenvalue weighted by Crippen LogP contribution is 2.62. The van der Waals surface area contributed by atoms with Crippen LogP contribution in [0, 0.1) is 27.9 Å². The summed E-state index contributed by atoms with van der Waals surface area (Å²) in [6.45, 7) is 7.48. The molecule has 0 saturated heterocycles. The Labute approximate surface area is 470 Å². The molecule has 2 heterocycles. The fourth-order valence-corrected chi connectivity index (χ4v) is 12.6. The molecular formula is C63H81N3O12S. The molecule has 0 spiro atoms. The Kier molecular flexibility index (Phi) is 22.8. The predicted octanol–water partition coefficient (Wildman–Crippen LogP) is 13.9. The Morgan fingerprint density at radius 3 is 2.28 bits per heavy atom. The van der Waals surface area contributed by atoms with Gasteiger partial charge in [0.2, 0.25) is 12.6 Å². The van der Waals surface area contributed by atoms with E-state index < -0.39 is 28.8 Å². The smallest absolute Gasteiger partial charge is 0.410 e. The van der Waals surface area contributed by atoms with Crippen LogP contribution in [0.15, 0.2) is 125 Å². The molecule has 4 aromatic carbocycles. The average molecular weight is 1100 g/mol. The summed E-state index contributed by atoms with van der Waals surface area (Å²) in [6.07, 6.45) is 19.4. The summed E-state index contributed by atoms with van der Waals surface area (Å²) < 4.78 is 39.3. The zero-order valence-corrected chi connectivity index (χ0v) is 46.8. The first-order chi connectivity index (χ1) is 38.8. The lowest BCUT2D eigenvalue weighted by molar-refractivity contribution is -0.384. The van der Waals surface area contributed by atoms with Crippen molar-refractivity contribution >= 4 is 29.3 Å². The average Bonchev–Trinajstić information content (AvgIpc) is 3.71. The van der Waals surface area contributed by atoms with Gasteiger partial charge in [0.25, 0.3) is 5.69 Å². The van der Waals surface area contributed by atoms with Crippen LogP contribution in [0.25, 0.3) is 0 Å². The number of unbranched alkanes of at least 4 members (excludes halogenated alkanes) is 11. The molecule has 1 fully saturated rings. The Hall–Kier alpha value is -6.07. The van der Waals surface area contributed by atoms with Crippen molar-refractivity contribution in [3.63, 3.8) is 0 Å². The van der Waals surface area contributed by atoms with E-state index in [1.54, 1.807) is 34.9 Å². The van der Waals surface area contributed by atoms with Crippen molar-refractivity contribution in [2.45, 2.75) is 152 Å². The van der Waals surface area contributed by atoms with Crippen LogP contribution in [-0.4, -0.2) is 89.3 Å². The number of fused-ring (bicyclic) bond motifs is 3. The van der Waals surface area contributed by atoms with Gasteiger partial charge in [-0.05, 0) is 115 Å². The van der Waals surface area contributed by atoms with Gasteiger partial charge in [0, 0.05) is 60.4 Å². The van der Waals surface area contributed by atoms with Crippen molar-refractivity contribution in [1.29, 1.82) is 0 Å². The Morgan fingerprint density at radius 1 is 0.835 bits per heavy atom. The molecule has 2 aliphatic heterocycles. The Balaban J connectivity index is 1.21. The minimum atomic E-state index is -1.54. The third-order valence-electron chi connectivity index (χ3n) is 15.7. The fourth-order valence-electron chi connectivity index (χ4n) is 11.8. The quantitative estimate of drug-likeness (QED) is 0.0148. The number of hydrogen-bond donors (Lipinski definition) is 2. The molecule has 426 valence electrons.